The van der Waals surface area contributed by atoms with E-state index in [9.17, 15) is 18.0 Å². The molecule has 0 saturated carbocycles. The quantitative estimate of drug-likeness (QED) is 0.666. The van der Waals surface area contributed by atoms with Gasteiger partial charge in [0.05, 0.1) is 11.3 Å². The number of benzene rings is 2. The molecule has 0 saturated heterocycles. The zero-order valence-corrected chi connectivity index (χ0v) is 14.1. The minimum absolute atomic E-state index is 0.115. The van der Waals surface area contributed by atoms with Crippen molar-refractivity contribution in [3.63, 3.8) is 0 Å². The molecule has 3 aromatic rings. The maximum absolute atomic E-state index is 12.7. The third-order valence-corrected chi connectivity index (χ3v) is 4.74. The van der Waals surface area contributed by atoms with E-state index in [0.717, 1.165) is 27.9 Å². The molecule has 0 aliphatic heterocycles. The zero-order valence-electron chi connectivity index (χ0n) is 13.3. The van der Waals surface area contributed by atoms with Crippen LogP contribution in [0.3, 0.4) is 0 Å². The molecule has 1 heterocycles. The lowest BCUT2D eigenvalue weighted by Gasteiger charge is -2.09. The highest BCUT2D eigenvalue weighted by atomic mass is 32.2. The fourth-order valence-electron chi connectivity index (χ4n) is 2.53. The Morgan fingerprint density at radius 3 is 2.68 bits per heavy atom. The summed E-state index contributed by atoms with van der Waals surface area (Å²) in [6.07, 6.45) is -2.49. The van der Waals surface area contributed by atoms with Gasteiger partial charge in [-0.2, -0.15) is 13.2 Å². The number of para-hydroxylation sites is 1. The number of rotatable bonds is 4. The lowest BCUT2D eigenvalue weighted by molar-refractivity contribution is -0.137. The number of anilines is 1. The number of alkyl halides is 3. The Kier molecular flexibility index (Phi) is 4.76. The van der Waals surface area contributed by atoms with Crippen LogP contribution in [0, 0.1) is 0 Å². The molecule has 0 radical (unpaired) electrons. The minimum atomic E-state index is -4.43. The van der Waals surface area contributed by atoms with E-state index in [2.05, 4.69) is 5.32 Å². The number of aromatic nitrogens is 1. The van der Waals surface area contributed by atoms with Crippen molar-refractivity contribution in [3.8, 4) is 0 Å². The van der Waals surface area contributed by atoms with Gasteiger partial charge in [-0.1, -0.05) is 24.3 Å². The summed E-state index contributed by atoms with van der Waals surface area (Å²) < 4.78 is 40.1. The second kappa shape index (κ2) is 6.84. The first-order valence-corrected chi connectivity index (χ1v) is 8.47. The van der Waals surface area contributed by atoms with Crippen LogP contribution in [0.2, 0.25) is 0 Å². The Labute approximate surface area is 146 Å². The van der Waals surface area contributed by atoms with Crippen LogP contribution in [0.4, 0.5) is 18.9 Å². The van der Waals surface area contributed by atoms with E-state index in [1.165, 1.54) is 23.9 Å². The van der Waals surface area contributed by atoms with Crippen LogP contribution in [0.25, 0.3) is 10.9 Å². The van der Waals surface area contributed by atoms with Crippen molar-refractivity contribution >= 4 is 34.3 Å². The Balaban J connectivity index is 1.67. The van der Waals surface area contributed by atoms with Gasteiger partial charge in [0.2, 0.25) is 5.91 Å². The smallest absolute Gasteiger partial charge is 0.349 e. The van der Waals surface area contributed by atoms with Crippen molar-refractivity contribution < 1.29 is 18.0 Å². The first kappa shape index (κ1) is 17.4. The predicted octanol–water partition coefficient (Wildman–Crippen LogP) is 4.93. The average Bonchev–Trinajstić information content (AvgIpc) is 2.89. The second-order valence-corrected chi connectivity index (χ2v) is 6.55. The van der Waals surface area contributed by atoms with E-state index in [0.29, 0.717) is 0 Å². The Morgan fingerprint density at radius 2 is 1.92 bits per heavy atom. The average molecular weight is 364 g/mol. The van der Waals surface area contributed by atoms with Crippen molar-refractivity contribution in [1.82, 2.24) is 4.57 Å². The number of hydrogen-bond donors (Lipinski definition) is 1. The van der Waals surface area contributed by atoms with Crippen molar-refractivity contribution in [2.45, 2.75) is 11.1 Å². The van der Waals surface area contributed by atoms with Crippen molar-refractivity contribution in [1.29, 1.82) is 0 Å². The highest BCUT2D eigenvalue weighted by Crippen LogP contribution is 2.31. The van der Waals surface area contributed by atoms with Gasteiger partial charge >= 0.3 is 6.18 Å². The largest absolute Gasteiger partial charge is 0.416 e. The fourth-order valence-corrected chi connectivity index (χ4v) is 3.45. The van der Waals surface area contributed by atoms with Crippen LogP contribution in [0.1, 0.15) is 5.56 Å². The van der Waals surface area contributed by atoms with Crippen molar-refractivity contribution in [3.05, 3.63) is 60.3 Å². The number of nitrogens with zero attached hydrogens (tertiary/aromatic N) is 1. The molecule has 0 unspecified atom stereocenters. The number of fused-ring (bicyclic) bond motifs is 1. The monoisotopic (exact) mass is 364 g/mol. The lowest BCUT2D eigenvalue weighted by atomic mass is 10.2. The van der Waals surface area contributed by atoms with Crippen LogP contribution < -0.4 is 5.32 Å². The van der Waals surface area contributed by atoms with Gasteiger partial charge < -0.3 is 9.88 Å². The topological polar surface area (TPSA) is 34.0 Å². The molecule has 25 heavy (non-hydrogen) atoms. The standard InChI is InChI=1S/C18H15F3N2OS/c1-23-10-16(14-7-2-3-8-15(14)23)25-11-17(24)22-13-6-4-5-12(9-13)18(19,20)21/h2-10H,11H2,1H3,(H,22,24). The van der Waals surface area contributed by atoms with E-state index < -0.39 is 11.7 Å². The first-order chi connectivity index (χ1) is 11.8. The number of thioether (sulfide) groups is 1. The van der Waals surface area contributed by atoms with E-state index in [4.69, 9.17) is 0 Å². The summed E-state index contributed by atoms with van der Waals surface area (Å²) in [5.41, 5.74) is 0.411. The molecule has 2 aromatic carbocycles. The highest BCUT2D eigenvalue weighted by molar-refractivity contribution is 8.00. The van der Waals surface area contributed by atoms with Gasteiger partial charge in [0.1, 0.15) is 0 Å². The van der Waals surface area contributed by atoms with E-state index in [1.54, 1.807) is 0 Å². The Bertz CT molecular complexity index is 918. The summed E-state index contributed by atoms with van der Waals surface area (Å²) in [6.45, 7) is 0. The number of hydrogen-bond acceptors (Lipinski definition) is 2. The molecular formula is C18H15F3N2OS. The maximum atomic E-state index is 12.7. The van der Waals surface area contributed by atoms with Crippen LogP contribution >= 0.6 is 11.8 Å². The summed E-state index contributed by atoms with van der Waals surface area (Å²) in [5.74, 6) is -0.234. The third-order valence-electron chi connectivity index (χ3n) is 3.69. The number of nitrogens with one attached hydrogen (secondary N) is 1. The number of carbonyl (C=O) groups is 1. The molecule has 1 N–H and O–H groups in total. The van der Waals surface area contributed by atoms with Gasteiger partial charge in [0.25, 0.3) is 0 Å². The summed E-state index contributed by atoms with van der Waals surface area (Å²) in [6, 6.07) is 12.4. The van der Waals surface area contributed by atoms with Gasteiger partial charge in [0.15, 0.2) is 0 Å². The molecule has 0 aliphatic rings. The fraction of sp³-hybridized carbons (Fsp3) is 0.167. The predicted molar refractivity (Wildman–Crippen MR) is 93.7 cm³/mol. The Morgan fingerprint density at radius 1 is 1.16 bits per heavy atom. The lowest BCUT2D eigenvalue weighted by Crippen LogP contribution is -2.15. The molecule has 0 aliphatic carbocycles. The molecule has 1 aromatic heterocycles. The number of aryl methyl sites for hydroxylation is 1. The molecule has 7 heteroatoms. The summed E-state index contributed by atoms with van der Waals surface area (Å²) in [7, 11) is 1.93. The van der Waals surface area contributed by atoms with Crippen LogP contribution in [0.15, 0.2) is 59.6 Å². The number of halogens is 3. The van der Waals surface area contributed by atoms with Gasteiger partial charge in [-0.25, -0.2) is 0 Å². The van der Waals surface area contributed by atoms with Gasteiger partial charge in [-0.05, 0) is 24.3 Å². The Hall–Kier alpha value is -2.41. The van der Waals surface area contributed by atoms with Crippen molar-refractivity contribution in [2.24, 2.45) is 7.05 Å². The van der Waals surface area contributed by atoms with E-state index >= 15 is 0 Å². The van der Waals surface area contributed by atoms with Gasteiger partial charge in [0, 0.05) is 34.7 Å². The minimum Gasteiger partial charge on any atom is -0.349 e. The normalized spacial score (nSPS) is 11.7. The van der Waals surface area contributed by atoms with Gasteiger partial charge in [-0.3, -0.25) is 4.79 Å². The number of amides is 1. The molecule has 0 fully saturated rings. The summed E-state index contributed by atoms with van der Waals surface area (Å²) in [5, 5.41) is 3.56. The van der Waals surface area contributed by atoms with E-state index in [1.807, 2.05) is 42.1 Å². The van der Waals surface area contributed by atoms with E-state index in [-0.39, 0.29) is 17.3 Å². The maximum Gasteiger partial charge on any atom is 0.416 e. The molecule has 0 atom stereocenters. The molecule has 0 spiro atoms. The highest BCUT2D eigenvalue weighted by Gasteiger charge is 2.30. The third kappa shape index (κ3) is 3.99. The molecule has 3 nitrogen and oxygen atoms in total. The number of carbonyl (C=O) groups excluding carboxylic acids is 1. The second-order valence-electron chi connectivity index (χ2n) is 5.54. The zero-order chi connectivity index (χ0) is 18.0. The van der Waals surface area contributed by atoms with Crippen molar-refractivity contribution in [2.75, 3.05) is 11.1 Å². The van der Waals surface area contributed by atoms with Crippen LogP contribution in [-0.4, -0.2) is 16.2 Å². The SMILES string of the molecule is Cn1cc(SCC(=O)Nc2cccc(C(F)(F)F)c2)c2ccccc21. The van der Waals surface area contributed by atoms with Gasteiger partial charge in [-0.15, -0.1) is 11.8 Å². The summed E-state index contributed by atoms with van der Waals surface area (Å²) in [4.78, 5) is 13.0. The molecule has 3 rings (SSSR count). The molecule has 0 bridgehead atoms. The molecular weight excluding hydrogens is 349 g/mol. The van der Waals surface area contributed by atoms with Crippen LogP contribution in [-0.2, 0) is 18.0 Å². The molecule has 130 valence electrons. The molecule has 1 amide bonds. The van der Waals surface area contributed by atoms with Crippen LogP contribution in [0.5, 0.6) is 0 Å². The summed E-state index contributed by atoms with van der Waals surface area (Å²) >= 11 is 1.35. The first-order valence-electron chi connectivity index (χ1n) is 7.48.